The average Bonchev–Trinajstić information content (AvgIpc) is 3.18. The maximum Gasteiger partial charge on any atom is 0.258 e. The quantitative estimate of drug-likeness (QED) is 0.322. The highest BCUT2D eigenvalue weighted by Gasteiger charge is 2.25. The van der Waals surface area contributed by atoms with Crippen LogP contribution in [0.4, 0.5) is 0 Å². The van der Waals surface area contributed by atoms with Gasteiger partial charge in [-0.1, -0.05) is 30.3 Å². The van der Waals surface area contributed by atoms with Gasteiger partial charge in [0.15, 0.2) is 18.2 Å². The van der Waals surface area contributed by atoms with Crippen molar-refractivity contribution in [3.8, 4) is 5.75 Å². The van der Waals surface area contributed by atoms with E-state index in [-0.39, 0.29) is 42.5 Å². The van der Waals surface area contributed by atoms with E-state index in [0.29, 0.717) is 17.7 Å². The SMILES string of the molecule is CNC(=O)CC(=O)c1ccccc1.O=C(COc1ccc(I)cc1)N[C@H]1CCCC1=O. The number of ketones is 2. The van der Waals surface area contributed by atoms with Crippen molar-refractivity contribution in [1.82, 2.24) is 10.6 Å². The summed E-state index contributed by atoms with van der Waals surface area (Å²) in [6, 6.07) is 15.9. The number of Topliss-reactive ketones (excluding diaryl/α,β-unsaturated/α-hetero) is 2. The number of ether oxygens (including phenoxy) is 1. The number of hydrogen-bond acceptors (Lipinski definition) is 5. The van der Waals surface area contributed by atoms with Crippen LogP contribution in [0, 0.1) is 3.57 Å². The van der Waals surface area contributed by atoms with E-state index in [1.165, 1.54) is 7.05 Å². The molecule has 2 aromatic rings. The zero-order valence-corrected chi connectivity index (χ0v) is 19.4. The van der Waals surface area contributed by atoms with Crippen LogP contribution in [0.15, 0.2) is 54.6 Å². The van der Waals surface area contributed by atoms with E-state index in [9.17, 15) is 19.2 Å². The fraction of sp³-hybridized carbons (Fsp3) is 0.304. The number of rotatable bonds is 7. The van der Waals surface area contributed by atoms with E-state index in [4.69, 9.17) is 4.74 Å². The molecule has 1 aliphatic carbocycles. The molecule has 0 unspecified atom stereocenters. The number of benzene rings is 2. The molecule has 0 spiro atoms. The van der Waals surface area contributed by atoms with Crippen molar-refractivity contribution >= 4 is 46.0 Å². The van der Waals surface area contributed by atoms with Crippen molar-refractivity contribution in [3.63, 3.8) is 0 Å². The first-order chi connectivity index (χ1) is 14.9. The van der Waals surface area contributed by atoms with Gasteiger partial charge >= 0.3 is 0 Å². The average molecular weight is 536 g/mol. The van der Waals surface area contributed by atoms with Crippen molar-refractivity contribution in [3.05, 3.63) is 63.7 Å². The molecule has 0 heterocycles. The van der Waals surface area contributed by atoms with Crippen LogP contribution in [-0.2, 0) is 14.4 Å². The summed E-state index contributed by atoms with van der Waals surface area (Å²) in [5.41, 5.74) is 0.575. The Balaban J connectivity index is 0.000000233. The Morgan fingerprint density at radius 3 is 2.29 bits per heavy atom. The van der Waals surface area contributed by atoms with Crippen LogP contribution < -0.4 is 15.4 Å². The third-order valence-electron chi connectivity index (χ3n) is 4.52. The minimum atomic E-state index is -0.308. The van der Waals surface area contributed by atoms with E-state index < -0.39 is 0 Å². The van der Waals surface area contributed by atoms with Gasteiger partial charge in [0.05, 0.1) is 12.5 Å². The van der Waals surface area contributed by atoms with Crippen LogP contribution in [0.3, 0.4) is 0 Å². The third-order valence-corrected chi connectivity index (χ3v) is 5.24. The van der Waals surface area contributed by atoms with Crippen LogP contribution in [0.2, 0.25) is 0 Å². The van der Waals surface area contributed by atoms with Gasteiger partial charge in [0.1, 0.15) is 5.75 Å². The van der Waals surface area contributed by atoms with Crippen molar-refractivity contribution < 1.29 is 23.9 Å². The highest BCUT2D eigenvalue weighted by atomic mass is 127. The highest BCUT2D eigenvalue weighted by Crippen LogP contribution is 2.15. The van der Waals surface area contributed by atoms with Gasteiger partial charge in [-0.25, -0.2) is 0 Å². The summed E-state index contributed by atoms with van der Waals surface area (Å²) in [5, 5.41) is 5.10. The minimum Gasteiger partial charge on any atom is -0.484 e. The third kappa shape index (κ3) is 8.87. The molecule has 31 heavy (non-hydrogen) atoms. The van der Waals surface area contributed by atoms with E-state index >= 15 is 0 Å². The largest absolute Gasteiger partial charge is 0.484 e. The second kappa shape index (κ2) is 12.8. The fourth-order valence-electron chi connectivity index (χ4n) is 2.84. The van der Waals surface area contributed by atoms with Gasteiger partial charge in [-0.05, 0) is 59.7 Å². The van der Waals surface area contributed by atoms with Crippen molar-refractivity contribution in [2.45, 2.75) is 31.7 Å². The minimum absolute atomic E-state index is 0.0512. The Morgan fingerprint density at radius 2 is 1.71 bits per heavy atom. The first kappa shape index (κ1) is 24.5. The Labute approximate surface area is 195 Å². The normalized spacial score (nSPS) is 14.8. The fourth-order valence-corrected chi connectivity index (χ4v) is 3.20. The number of carbonyl (C=O) groups excluding carboxylic acids is 4. The molecule has 2 aromatic carbocycles. The molecular weight excluding hydrogens is 511 g/mol. The Kier molecular flexibility index (Phi) is 10.2. The van der Waals surface area contributed by atoms with Gasteiger partial charge in [0.25, 0.3) is 5.91 Å². The molecular formula is C23H25IN2O5. The smallest absolute Gasteiger partial charge is 0.258 e. The summed E-state index contributed by atoms with van der Waals surface area (Å²) in [7, 11) is 1.51. The number of halogens is 1. The van der Waals surface area contributed by atoms with Gasteiger partial charge in [-0.15, -0.1) is 0 Å². The zero-order chi connectivity index (χ0) is 22.6. The molecule has 0 bridgehead atoms. The van der Waals surface area contributed by atoms with E-state index in [1.54, 1.807) is 24.3 Å². The summed E-state index contributed by atoms with van der Waals surface area (Å²) in [4.78, 5) is 45.2. The van der Waals surface area contributed by atoms with Crippen molar-refractivity contribution in [2.24, 2.45) is 0 Å². The molecule has 8 heteroatoms. The first-order valence-corrected chi connectivity index (χ1v) is 11.0. The summed E-state index contributed by atoms with van der Waals surface area (Å²) in [6.45, 7) is -0.0512. The number of carbonyl (C=O) groups is 4. The lowest BCUT2D eigenvalue weighted by molar-refractivity contribution is -0.127. The van der Waals surface area contributed by atoms with Gasteiger partial charge in [0.2, 0.25) is 5.91 Å². The first-order valence-electron chi connectivity index (χ1n) is 9.88. The Morgan fingerprint density at radius 1 is 1.03 bits per heavy atom. The summed E-state index contributed by atoms with van der Waals surface area (Å²) < 4.78 is 6.45. The maximum atomic E-state index is 11.6. The summed E-state index contributed by atoms with van der Waals surface area (Å²) >= 11 is 2.20. The molecule has 1 aliphatic rings. The lowest BCUT2D eigenvalue weighted by atomic mass is 10.1. The lowest BCUT2D eigenvalue weighted by Gasteiger charge is -2.11. The Hall–Kier alpha value is -2.75. The molecule has 2 amide bonds. The molecule has 164 valence electrons. The van der Waals surface area contributed by atoms with E-state index in [1.807, 2.05) is 30.3 Å². The van der Waals surface area contributed by atoms with Gasteiger partial charge in [-0.2, -0.15) is 0 Å². The zero-order valence-electron chi connectivity index (χ0n) is 17.2. The predicted molar refractivity (Wildman–Crippen MR) is 125 cm³/mol. The number of amides is 2. The van der Waals surface area contributed by atoms with Crippen molar-refractivity contribution in [1.29, 1.82) is 0 Å². The second-order valence-electron chi connectivity index (χ2n) is 6.86. The van der Waals surface area contributed by atoms with Crippen LogP contribution >= 0.6 is 22.6 Å². The van der Waals surface area contributed by atoms with Crippen LogP contribution in [0.25, 0.3) is 0 Å². The van der Waals surface area contributed by atoms with Gasteiger partial charge < -0.3 is 15.4 Å². The van der Waals surface area contributed by atoms with Crippen molar-refractivity contribution in [2.75, 3.05) is 13.7 Å². The summed E-state index contributed by atoms with van der Waals surface area (Å²) in [6.07, 6.45) is 2.10. The molecule has 3 rings (SSSR count). The van der Waals surface area contributed by atoms with Gasteiger partial charge in [-0.3, -0.25) is 19.2 Å². The molecule has 7 nitrogen and oxygen atoms in total. The number of hydrogen-bond donors (Lipinski definition) is 2. The lowest BCUT2D eigenvalue weighted by Crippen LogP contribution is -2.40. The molecule has 1 saturated carbocycles. The molecule has 0 saturated heterocycles. The maximum absolute atomic E-state index is 11.6. The standard InChI is InChI=1S/C13H14INO3.C10H11NO2/c14-9-4-6-10(7-5-9)18-8-13(17)15-11-2-1-3-12(11)16;1-11-10(13)7-9(12)8-5-3-2-4-6-8/h4-7,11H,1-3,8H2,(H,15,17);2-6H,7H2,1H3,(H,11,13)/t11-;/m0./s1. The summed E-state index contributed by atoms with van der Waals surface area (Å²) in [5.74, 6) is 0.128. The molecule has 0 aliphatic heterocycles. The molecule has 1 fully saturated rings. The highest BCUT2D eigenvalue weighted by molar-refractivity contribution is 14.1. The van der Waals surface area contributed by atoms with E-state index in [0.717, 1.165) is 16.4 Å². The monoisotopic (exact) mass is 536 g/mol. The van der Waals surface area contributed by atoms with E-state index in [2.05, 4.69) is 33.2 Å². The van der Waals surface area contributed by atoms with Gasteiger partial charge in [0, 0.05) is 22.6 Å². The molecule has 0 aromatic heterocycles. The molecule has 0 radical (unpaired) electrons. The second-order valence-corrected chi connectivity index (χ2v) is 8.11. The number of nitrogens with one attached hydrogen (secondary N) is 2. The molecule has 1 atom stereocenters. The van der Waals surface area contributed by atoms with Crippen LogP contribution in [-0.4, -0.2) is 43.1 Å². The van der Waals surface area contributed by atoms with Crippen LogP contribution in [0.5, 0.6) is 5.75 Å². The Bertz CT molecular complexity index is 900. The predicted octanol–water partition coefficient (Wildman–Crippen LogP) is 2.91. The topological polar surface area (TPSA) is 102 Å². The molecule has 2 N–H and O–H groups in total. The van der Waals surface area contributed by atoms with Crippen LogP contribution in [0.1, 0.15) is 36.0 Å².